The van der Waals surface area contributed by atoms with E-state index in [0.29, 0.717) is 42.9 Å². The Morgan fingerprint density at radius 3 is 2.42 bits per heavy atom. The van der Waals surface area contributed by atoms with Gasteiger partial charge in [-0.15, -0.1) is 0 Å². The van der Waals surface area contributed by atoms with Gasteiger partial charge >= 0.3 is 0 Å². The van der Waals surface area contributed by atoms with Crippen LogP contribution in [-0.2, 0) is 20.0 Å². The van der Waals surface area contributed by atoms with Gasteiger partial charge in [-0.1, -0.05) is 42.5 Å². The molecule has 0 amide bonds. The Hall–Kier alpha value is -2.70. The minimum absolute atomic E-state index is 0.00817. The second-order valence-corrected chi connectivity index (χ2v) is 12.8. The van der Waals surface area contributed by atoms with Crippen LogP contribution in [0.4, 0.5) is 5.69 Å². The summed E-state index contributed by atoms with van der Waals surface area (Å²) in [6, 6.07) is 17.1. The second-order valence-electron chi connectivity index (χ2n) is 9.15. The number of piperidine rings is 1. The van der Waals surface area contributed by atoms with E-state index in [1.165, 1.54) is 18.2 Å². The predicted molar refractivity (Wildman–Crippen MR) is 140 cm³/mol. The SMILES string of the molecule is CS(=O)(=O)Nc1cc([C@@H](O)CNCC2CCN(S(=O)(=O)c3cccc4ccccc34)CC2)ccc1O. The van der Waals surface area contributed by atoms with Gasteiger partial charge in [0.1, 0.15) is 5.75 Å². The molecule has 0 unspecified atom stereocenters. The van der Waals surface area contributed by atoms with Crippen molar-refractivity contribution in [3.05, 3.63) is 66.2 Å². The first-order valence-corrected chi connectivity index (χ1v) is 15.0. The average Bonchev–Trinajstić information content (AvgIpc) is 2.84. The topological polar surface area (TPSA) is 136 Å². The number of hydrogen-bond donors (Lipinski definition) is 4. The van der Waals surface area contributed by atoms with Crippen molar-refractivity contribution in [2.24, 2.45) is 5.92 Å². The molecule has 3 aromatic carbocycles. The normalized spacial score (nSPS) is 16.7. The van der Waals surface area contributed by atoms with E-state index in [4.69, 9.17) is 0 Å². The van der Waals surface area contributed by atoms with E-state index >= 15 is 0 Å². The zero-order valence-electron chi connectivity index (χ0n) is 20.0. The lowest BCUT2D eigenvalue weighted by Gasteiger charge is -2.31. The number of nitrogens with one attached hydrogen (secondary N) is 2. The summed E-state index contributed by atoms with van der Waals surface area (Å²) in [6.45, 7) is 1.71. The number of phenolic OH excluding ortho intramolecular Hbond substituents is 1. The van der Waals surface area contributed by atoms with Crippen LogP contribution in [0.25, 0.3) is 10.8 Å². The molecule has 1 saturated heterocycles. The van der Waals surface area contributed by atoms with Gasteiger partial charge < -0.3 is 15.5 Å². The Bertz CT molecular complexity index is 1430. The highest BCUT2D eigenvalue weighted by atomic mass is 32.2. The smallest absolute Gasteiger partial charge is 0.243 e. The fourth-order valence-corrected chi connectivity index (χ4v) is 6.74. The van der Waals surface area contributed by atoms with Crippen LogP contribution in [-0.4, -0.2) is 63.8 Å². The lowest BCUT2D eigenvalue weighted by molar-refractivity contribution is 0.169. The van der Waals surface area contributed by atoms with Crippen molar-refractivity contribution in [3.8, 4) is 5.75 Å². The van der Waals surface area contributed by atoms with E-state index in [1.54, 1.807) is 16.4 Å². The van der Waals surface area contributed by atoms with Gasteiger partial charge in [-0.2, -0.15) is 4.31 Å². The van der Waals surface area contributed by atoms with E-state index in [2.05, 4.69) is 10.0 Å². The van der Waals surface area contributed by atoms with Gasteiger partial charge in [0, 0.05) is 25.0 Å². The Kier molecular flexibility index (Phi) is 7.86. The van der Waals surface area contributed by atoms with Crippen LogP contribution in [0.15, 0.2) is 65.6 Å². The molecule has 0 bridgehead atoms. The number of aliphatic hydroxyl groups is 1. The maximum absolute atomic E-state index is 13.3. The Balaban J connectivity index is 1.31. The minimum Gasteiger partial charge on any atom is -0.506 e. The number of sulfonamides is 2. The fraction of sp³-hybridized carbons (Fsp3) is 0.360. The number of phenols is 1. The van der Waals surface area contributed by atoms with E-state index < -0.39 is 26.2 Å². The van der Waals surface area contributed by atoms with Crippen molar-refractivity contribution >= 4 is 36.5 Å². The molecule has 9 nitrogen and oxygen atoms in total. The van der Waals surface area contributed by atoms with Gasteiger partial charge in [0.2, 0.25) is 20.0 Å². The summed E-state index contributed by atoms with van der Waals surface area (Å²) in [7, 11) is -7.17. The lowest BCUT2D eigenvalue weighted by atomic mass is 9.98. The molecule has 194 valence electrons. The summed E-state index contributed by atoms with van der Waals surface area (Å²) in [5.41, 5.74) is 0.469. The van der Waals surface area contributed by atoms with E-state index in [-0.39, 0.29) is 23.9 Å². The molecule has 1 aliphatic heterocycles. The summed E-state index contributed by atoms with van der Waals surface area (Å²) >= 11 is 0. The molecular weight excluding hydrogens is 502 g/mol. The van der Waals surface area contributed by atoms with Crippen LogP contribution in [0.5, 0.6) is 5.75 Å². The molecule has 11 heteroatoms. The molecule has 0 aliphatic carbocycles. The highest BCUT2D eigenvalue weighted by Crippen LogP contribution is 2.30. The number of fused-ring (bicyclic) bond motifs is 1. The minimum atomic E-state index is -3.60. The second kappa shape index (κ2) is 10.7. The lowest BCUT2D eigenvalue weighted by Crippen LogP contribution is -2.41. The van der Waals surface area contributed by atoms with Crippen LogP contribution < -0.4 is 10.0 Å². The van der Waals surface area contributed by atoms with Crippen LogP contribution in [0.2, 0.25) is 0 Å². The Morgan fingerprint density at radius 2 is 1.69 bits per heavy atom. The Labute approximate surface area is 211 Å². The predicted octanol–water partition coefficient (Wildman–Crippen LogP) is 2.64. The molecular formula is C25H31N3O6S2. The van der Waals surface area contributed by atoms with Crippen molar-refractivity contribution in [2.75, 3.05) is 37.2 Å². The van der Waals surface area contributed by atoms with Gasteiger partial charge in [0.05, 0.1) is 22.9 Å². The van der Waals surface area contributed by atoms with Gasteiger partial charge in [0.15, 0.2) is 0 Å². The number of aliphatic hydroxyl groups excluding tert-OH is 1. The maximum atomic E-state index is 13.3. The molecule has 36 heavy (non-hydrogen) atoms. The largest absolute Gasteiger partial charge is 0.506 e. The average molecular weight is 534 g/mol. The third kappa shape index (κ3) is 6.16. The third-order valence-corrected chi connectivity index (χ3v) is 8.96. The van der Waals surface area contributed by atoms with Crippen molar-refractivity contribution in [1.82, 2.24) is 9.62 Å². The summed E-state index contributed by atoms with van der Waals surface area (Å²) < 4.78 is 53.4. The first-order chi connectivity index (χ1) is 17.0. The molecule has 0 saturated carbocycles. The van der Waals surface area contributed by atoms with Gasteiger partial charge in [-0.05, 0) is 54.5 Å². The molecule has 0 aromatic heterocycles. The highest BCUT2D eigenvalue weighted by molar-refractivity contribution is 7.92. The zero-order chi connectivity index (χ0) is 25.9. The van der Waals surface area contributed by atoms with Gasteiger partial charge in [0.25, 0.3) is 0 Å². The highest BCUT2D eigenvalue weighted by Gasteiger charge is 2.30. The first-order valence-electron chi connectivity index (χ1n) is 11.7. The van der Waals surface area contributed by atoms with Crippen molar-refractivity contribution in [2.45, 2.75) is 23.8 Å². The number of aromatic hydroxyl groups is 1. The molecule has 1 aliphatic rings. The summed E-state index contributed by atoms with van der Waals surface area (Å²) in [4.78, 5) is 0.332. The molecule has 1 atom stereocenters. The molecule has 4 rings (SSSR count). The summed E-state index contributed by atoms with van der Waals surface area (Å²) in [5.74, 6) is 0.0352. The maximum Gasteiger partial charge on any atom is 0.243 e. The van der Waals surface area contributed by atoms with Crippen LogP contribution >= 0.6 is 0 Å². The molecule has 1 fully saturated rings. The van der Waals surface area contributed by atoms with E-state index in [1.807, 2.05) is 30.3 Å². The molecule has 0 spiro atoms. The monoisotopic (exact) mass is 533 g/mol. The van der Waals surface area contributed by atoms with Crippen molar-refractivity contribution in [3.63, 3.8) is 0 Å². The molecule has 3 aromatic rings. The third-order valence-electron chi connectivity index (χ3n) is 6.41. The fourth-order valence-electron chi connectivity index (χ4n) is 4.50. The summed E-state index contributed by atoms with van der Waals surface area (Å²) in [5, 5.41) is 25.2. The quantitative estimate of drug-likeness (QED) is 0.311. The number of anilines is 1. The van der Waals surface area contributed by atoms with E-state index in [0.717, 1.165) is 17.0 Å². The molecule has 1 heterocycles. The molecule has 4 N–H and O–H groups in total. The van der Waals surface area contributed by atoms with Crippen molar-refractivity contribution in [1.29, 1.82) is 0 Å². The number of benzene rings is 3. The van der Waals surface area contributed by atoms with Crippen LogP contribution in [0.1, 0.15) is 24.5 Å². The van der Waals surface area contributed by atoms with Gasteiger partial charge in [-0.25, -0.2) is 16.8 Å². The standard InChI is InChI=1S/C25H31N3O6S2/c1-35(31,32)27-22-15-20(9-10-23(22)29)24(30)17-26-16-18-11-13-28(14-12-18)36(33,34)25-8-4-6-19-5-2-3-7-21(19)25/h2-10,15,18,24,26-27,29-30H,11-14,16-17H2,1H3/t24-/m0/s1. The zero-order valence-corrected chi connectivity index (χ0v) is 21.6. The summed E-state index contributed by atoms with van der Waals surface area (Å²) in [6.07, 6.45) is 1.48. The van der Waals surface area contributed by atoms with Gasteiger partial charge in [-0.3, -0.25) is 4.72 Å². The molecule has 0 radical (unpaired) electrons. The first kappa shape index (κ1) is 26.4. The van der Waals surface area contributed by atoms with E-state index in [9.17, 15) is 27.0 Å². The number of nitrogens with zero attached hydrogens (tertiary/aromatic N) is 1. The number of hydrogen-bond acceptors (Lipinski definition) is 7. The Morgan fingerprint density at radius 1 is 1.00 bits per heavy atom. The van der Waals surface area contributed by atoms with Crippen molar-refractivity contribution < 1.29 is 27.0 Å². The van der Waals surface area contributed by atoms with Crippen LogP contribution in [0.3, 0.4) is 0 Å². The number of rotatable bonds is 9. The van der Waals surface area contributed by atoms with Crippen LogP contribution in [0, 0.1) is 5.92 Å².